The number of hydrogen-bond acceptors (Lipinski definition) is 4. The molecule has 0 N–H and O–H groups in total. The number of likely N-dealkylation sites (tertiary alicyclic amines) is 1. The van der Waals surface area contributed by atoms with Crippen molar-refractivity contribution in [3.05, 3.63) is 36.2 Å². The number of imidazole rings is 1. The Kier molecular flexibility index (Phi) is 4.80. The number of piperidine rings is 1. The standard InChI is InChI=1S/C19H27N5O2/c1-22-12-9-20-18(22)17-15(4-3-13-26-17)19(25)24-10-6-14(7-11-24)16-5-8-21-23(16)2/h5,8-9,12,14-15,17H,3-4,6-7,10-11,13H2,1-2H3/t15-,17-/m1/s1. The Balaban J connectivity index is 1.44. The lowest BCUT2D eigenvalue weighted by atomic mass is 9.89. The molecule has 7 nitrogen and oxygen atoms in total. The summed E-state index contributed by atoms with van der Waals surface area (Å²) in [5, 5.41) is 4.28. The van der Waals surface area contributed by atoms with Crippen LogP contribution in [0.2, 0.25) is 0 Å². The van der Waals surface area contributed by atoms with Gasteiger partial charge in [0, 0.05) is 64.0 Å². The first-order valence-electron chi connectivity index (χ1n) is 9.50. The number of aryl methyl sites for hydroxylation is 2. The number of aromatic nitrogens is 4. The van der Waals surface area contributed by atoms with E-state index in [9.17, 15) is 4.79 Å². The molecule has 2 saturated heterocycles. The highest BCUT2D eigenvalue weighted by atomic mass is 16.5. The molecular weight excluding hydrogens is 330 g/mol. The van der Waals surface area contributed by atoms with E-state index in [0.717, 1.165) is 44.6 Å². The van der Waals surface area contributed by atoms with Crippen molar-refractivity contribution < 1.29 is 9.53 Å². The summed E-state index contributed by atoms with van der Waals surface area (Å²) in [4.78, 5) is 19.7. The maximum Gasteiger partial charge on any atom is 0.228 e. The van der Waals surface area contributed by atoms with Crippen molar-refractivity contribution in [2.75, 3.05) is 19.7 Å². The molecule has 7 heteroatoms. The van der Waals surface area contributed by atoms with Crippen molar-refractivity contribution >= 4 is 5.91 Å². The summed E-state index contributed by atoms with van der Waals surface area (Å²) in [5.41, 5.74) is 1.27. The fourth-order valence-corrected chi connectivity index (χ4v) is 4.35. The zero-order valence-electron chi connectivity index (χ0n) is 15.5. The van der Waals surface area contributed by atoms with Gasteiger partial charge in [0.1, 0.15) is 11.9 Å². The minimum atomic E-state index is -0.231. The zero-order valence-corrected chi connectivity index (χ0v) is 15.5. The van der Waals surface area contributed by atoms with Gasteiger partial charge in [0.15, 0.2) is 0 Å². The molecule has 0 bridgehead atoms. The summed E-state index contributed by atoms with van der Waals surface area (Å²) in [6.07, 6.45) is 9.09. The molecule has 2 aliphatic rings. The van der Waals surface area contributed by atoms with Crippen LogP contribution in [0.3, 0.4) is 0 Å². The van der Waals surface area contributed by atoms with Gasteiger partial charge in [0.2, 0.25) is 5.91 Å². The molecule has 26 heavy (non-hydrogen) atoms. The Morgan fingerprint density at radius 3 is 2.65 bits per heavy atom. The van der Waals surface area contributed by atoms with Crippen molar-refractivity contribution in [2.45, 2.75) is 37.7 Å². The van der Waals surface area contributed by atoms with E-state index in [2.05, 4.69) is 16.1 Å². The van der Waals surface area contributed by atoms with Crippen molar-refractivity contribution in [1.82, 2.24) is 24.2 Å². The molecule has 2 aromatic rings. The number of ether oxygens (including phenoxy) is 1. The van der Waals surface area contributed by atoms with Gasteiger partial charge < -0.3 is 14.2 Å². The van der Waals surface area contributed by atoms with E-state index < -0.39 is 0 Å². The van der Waals surface area contributed by atoms with Crippen LogP contribution in [-0.2, 0) is 23.6 Å². The summed E-state index contributed by atoms with van der Waals surface area (Å²) >= 11 is 0. The molecular formula is C19H27N5O2. The maximum absolute atomic E-state index is 13.2. The maximum atomic E-state index is 13.2. The van der Waals surface area contributed by atoms with Crippen LogP contribution in [0.15, 0.2) is 24.7 Å². The normalized spacial score (nSPS) is 24.8. The topological polar surface area (TPSA) is 65.2 Å². The number of nitrogens with zero attached hydrogens (tertiary/aromatic N) is 5. The predicted molar refractivity (Wildman–Crippen MR) is 96.4 cm³/mol. The highest BCUT2D eigenvalue weighted by molar-refractivity contribution is 5.79. The molecule has 0 aromatic carbocycles. The van der Waals surface area contributed by atoms with Gasteiger partial charge in [-0.05, 0) is 31.7 Å². The molecule has 2 aromatic heterocycles. The van der Waals surface area contributed by atoms with Crippen LogP contribution in [0.25, 0.3) is 0 Å². The molecule has 0 saturated carbocycles. The molecule has 140 valence electrons. The molecule has 1 amide bonds. The smallest absolute Gasteiger partial charge is 0.228 e. The molecule has 0 spiro atoms. The van der Waals surface area contributed by atoms with Gasteiger partial charge in [0.05, 0.1) is 5.92 Å². The highest BCUT2D eigenvalue weighted by Crippen LogP contribution is 2.35. The molecule has 0 aliphatic carbocycles. The summed E-state index contributed by atoms with van der Waals surface area (Å²) in [6.45, 7) is 2.31. The third kappa shape index (κ3) is 3.16. The van der Waals surface area contributed by atoms with Gasteiger partial charge in [0.25, 0.3) is 0 Å². The largest absolute Gasteiger partial charge is 0.369 e. The monoisotopic (exact) mass is 357 g/mol. The number of hydrogen-bond donors (Lipinski definition) is 0. The molecule has 2 aliphatic heterocycles. The second-order valence-electron chi connectivity index (χ2n) is 7.42. The Bertz CT molecular complexity index is 760. The minimum Gasteiger partial charge on any atom is -0.369 e. The van der Waals surface area contributed by atoms with Crippen LogP contribution in [0.1, 0.15) is 49.2 Å². The van der Waals surface area contributed by atoms with Gasteiger partial charge in [-0.2, -0.15) is 5.10 Å². The number of amides is 1. The summed E-state index contributed by atoms with van der Waals surface area (Å²) in [6, 6.07) is 2.09. The van der Waals surface area contributed by atoms with Crippen LogP contribution < -0.4 is 0 Å². The van der Waals surface area contributed by atoms with E-state index in [-0.39, 0.29) is 17.9 Å². The summed E-state index contributed by atoms with van der Waals surface area (Å²) < 4.78 is 9.90. The molecule has 2 fully saturated rings. The van der Waals surface area contributed by atoms with E-state index in [0.29, 0.717) is 12.5 Å². The fourth-order valence-electron chi connectivity index (χ4n) is 4.35. The molecule has 2 atom stereocenters. The van der Waals surface area contributed by atoms with Crippen molar-refractivity contribution in [2.24, 2.45) is 20.0 Å². The zero-order chi connectivity index (χ0) is 18.1. The Labute approximate surface area is 154 Å². The molecule has 0 unspecified atom stereocenters. The third-order valence-electron chi connectivity index (χ3n) is 5.84. The average molecular weight is 357 g/mol. The van der Waals surface area contributed by atoms with Crippen molar-refractivity contribution in [1.29, 1.82) is 0 Å². The fraction of sp³-hybridized carbons (Fsp3) is 0.632. The van der Waals surface area contributed by atoms with E-state index >= 15 is 0 Å². The SMILES string of the molecule is Cn1ccnc1[C@@H]1OCCC[C@H]1C(=O)N1CCC(c2ccnn2C)CC1. The summed E-state index contributed by atoms with van der Waals surface area (Å²) in [5.74, 6) is 1.44. The van der Waals surface area contributed by atoms with Crippen LogP contribution in [0.5, 0.6) is 0 Å². The second kappa shape index (κ2) is 7.23. The van der Waals surface area contributed by atoms with Crippen molar-refractivity contribution in [3.8, 4) is 0 Å². The predicted octanol–water partition coefficient (Wildman–Crippen LogP) is 2.03. The Morgan fingerprint density at radius 1 is 1.19 bits per heavy atom. The lowest BCUT2D eigenvalue weighted by Gasteiger charge is -2.37. The van der Waals surface area contributed by atoms with Gasteiger partial charge in [-0.15, -0.1) is 0 Å². The summed E-state index contributed by atoms with van der Waals surface area (Å²) in [7, 11) is 3.95. The number of carbonyl (C=O) groups is 1. The van der Waals surface area contributed by atoms with Crippen LogP contribution in [-0.4, -0.2) is 49.8 Å². The van der Waals surface area contributed by atoms with Crippen LogP contribution >= 0.6 is 0 Å². The lowest BCUT2D eigenvalue weighted by Crippen LogP contribution is -2.44. The van der Waals surface area contributed by atoms with Crippen LogP contribution in [0, 0.1) is 5.92 Å². The first-order valence-corrected chi connectivity index (χ1v) is 9.50. The van der Waals surface area contributed by atoms with Gasteiger partial charge in [-0.3, -0.25) is 9.48 Å². The van der Waals surface area contributed by atoms with E-state index in [1.165, 1.54) is 5.69 Å². The molecule has 4 rings (SSSR count). The average Bonchev–Trinajstić information content (AvgIpc) is 3.29. The Hall–Kier alpha value is -2.15. The third-order valence-corrected chi connectivity index (χ3v) is 5.84. The van der Waals surface area contributed by atoms with Gasteiger partial charge >= 0.3 is 0 Å². The first-order chi connectivity index (χ1) is 12.6. The van der Waals surface area contributed by atoms with Crippen LogP contribution in [0.4, 0.5) is 0 Å². The van der Waals surface area contributed by atoms with E-state index in [1.807, 2.05) is 40.6 Å². The Morgan fingerprint density at radius 2 is 2.00 bits per heavy atom. The number of rotatable bonds is 3. The highest BCUT2D eigenvalue weighted by Gasteiger charge is 2.38. The lowest BCUT2D eigenvalue weighted by molar-refractivity contribution is -0.147. The quantitative estimate of drug-likeness (QED) is 0.843. The molecule has 0 radical (unpaired) electrons. The van der Waals surface area contributed by atoms with Gasteiger partial charge in [-0.25, -0.2) is 4.98 Å². The first kappa shape index (κ1) is 17.3. The minimum absolute atomic E-state index is 0.127. The number of carbonyl (C=O) groups excluding carboxylic acids is 1. The van der Waals surface area contributed by atoms with Crippen molar-refractivity contribution in [3.63, 3.8) is 0 Å². The van der Waals surface area contributed by atoms with Gasteiger partial charge in [-0.1, -0.05) is 0 Å². The van der Waals surface area contributed by atoms with E-state index in [1.54, 1.807) is 6.20 Å². The molecule has 4 heterocycles. The van der Waals surface area contributed by atoms with E-state index in [4.69, 9.17) is 4.74 Å². The second-order valence-corrected chi connectivity index (χ2v) is 7.42.